The summed E-state index contributed by atoms with van der Waals surface area (Å²) in [4.78, 5) is 39.1. The Kier molecular flexibility index (Phi) is 7.10. The molecule has 0 spiro atoms. The smallest absolute Gasteiger partial charge is 0.226 e. The number of amides is 3. The van der Waals surface area contributed by atoms with Crippen LogP contribution in [0.15, 0.2) is 24.3 Å². The van der Waals surface area contributed by atoms with Gasteiger partial charge in [0.05, 0.1) is 12.0 Å². The summed E-state index contributed by atoms with van der Waals surface area (Å²) < 4.78 is 13.3. The summed E-state index contributed by atoms with van der Waals surface area (Å²) in [5.41, 5.74) is 0.734. The van der Waals surface area contributed by atoms with Crippen molar-refractivity contribution in [3.63, 3.8) is 0 Å². The molecule has 1 aromatic rings. The second-order valence-corrected chi connectivity index (χ2v) is 8.92. The van der Waals surface area contributed by atoms with Crippen LogP contribution in [0.4, 0.5) is 4.39 Å². The van der Waals surface area contributed by atoms with E-state index in [-0.39, 0.29) is 41.9 Å². The van der Waals surface area contributed by atoms with Gasteiger partial charge in [-0.3, -0.25) is 14.4 Å². The van der Waals surface area contributed by atoms with Gasteiger partial charge in [0.25, 0.3) is 0 Å². The molecule has 1 saturated carbocycles. The third kappa shape index (κ3) is 5.18. The van der Waals surface area contributed by atoms with E-state index < -0.39 is 12.0 Å². The van der Waals surface area contributed by atoms with Crippen LogP contribution in [0.3, 0.4) is 0 Å². The van der Waals surface area contributed by atoms with Gasteiger partial charge in [0.15, 0.2) is 0 Å². The van der Waals surface area contributed by atoms with E-state index in [2.05, 4.69) is 17.6 Å². The number of rotatable bonds is 6. The molecule has 1 aliphatic carbocycles. The molecule has 30 heavy (non-hydrogen) atoms. The molecule has 0 unspecified atom stereocenters. The highest BCUT2D eigenvalue weighted by Crippen LogP contribution is 2.37. The summed E-state index contributed by atoms with van der Waals surface area (Å²) in [6.45, 7) is 4.42. The molecule has 3 amide bonds. The Labute approximate surface area is 177 Å². The number of nitrogens with one attached hydrogen (secondary N) is 2. The minimum Gasteiger partial charge on any atom is -0.354 e. The Hall–Kier alpha value is -2.44. The van der Waals surface area contributed by atoms with Crippen LogP contribution in [-0.2, 0) is 14.4 Å². The third-order valence-corrected chi connectivity index (χ3v) is 6.49. The minimum absolute atomic E-state index is 0.0583. The molecule has 2 N–H and O–H groups in total. The van der Waals surface area contributed by atoms with E-state index in [1.807, 2.05) is 6.92 Å². The topological polar surface area (TPSA) is 78.5 Å². The van der Waals surface area contributed by atoms with Gasteiger partial charge in [-0.1, -0.05) is 19.1 Å². The van der Waals surface area contributed by atoms with E-state index in [1.165, 1.54) is 12.1 Å². The first kappa shape index (κ1) is 22.2. The average Bonchev–Trinajstić information content (AvgIpc) is 3.02. The number of hydrogen-bond acceptors (Lipinski definition) is 3. The van der Waals surface area contributed by atoms with Crippen LogP contribution >= 0.6 is 0 Å². The Morgan fingerprint density at radius 1 is 1.13 bits per heavy atom. The van der Waals surface area contributed by atoms with Gasteiger partial charge in [0.2, 0.25) is 17.7 Å². The quantitative estimate of drug-likeness (QED) is 0.747. The van der Waals surface area contributed by atoms with Crippen molar-refractivity contribution < 1.29 is 18.8 Å². The summed E-state index contributed by atoms with van der Waals surface area (Å²) >= 11 is 0. The van der Waals surface area contributed by atoms with Crippen molar-refractivity contribution in [2.24, 2.45) is 17.8 Å². The molecule has 2 fully saturated rings. The van der Waals surface area contributed by atoms with Gasteiger partial charge in [-0.15, -0.1) is 0 Å². The fourth-order valence-corrected chi connectivity index (χ4v) is 4.54. The van der Waals surface area contributed by atoms with E-state index in [9.17, 15) is 18.8 Å². The molecule has 1 aliphatic heterocycles. The molecule has 1 saturated heterocycles. The summed E-state index contributed by atoms with van der Waals surface area (Å²) in [6.07, 6.45) is 4.12. The maximum absolute atomic E-state index is 13.3. The second-order valence-electron chi connectivity index (χ2n) is 8.92. The van der Waals surface area contributed by atoms with Gasteiger partial charge < -0.3 is 15.5 Å². The van der Waals surface area contributed by atoms with Crippen molar-refractivity contribution in [3.05, 3.63) is 35.6 Å². The highest BCUT2D eigenvalue weighted by Gasteiger charge is 2.42. The zero-order valence-electron chi connectivity index (χ0n) is 18.0. The van der Waals surface area contributed by atoms with Gasteiger partial charge >= 0.3 is 0 Å². The highest BCUT2D eigenvalue weighted by molar-refractivity contribution is 5.90. The molecule has 7 heteroatoms. The standard InChI is InChI=1S/C23H32FN3O3/c1-14-4-6-17(7-5-14)22(29)25-13-15(2)26-23(30)19-12-20(28)27(3)21(19)16-8-10-18(24)11-9-16/h8-11,14-15,17,19,21H,4-7,12-13H2,1-3H3,(H,25,29)(H,26,30)/t14?,15-,17?,19+,21-/m0/s1. The molecule has 0 radical (unpaired) electrons. The summed E-state index contributed by atoms with van der Waals surface area (Å²) in [7, 11) is 1.66. The highest BCUT2D eigenvalue weighted by atomic mass is 19.1. The zero-order valence-corrected chi connectivity index (χ0v) is 18.0. The Morgan fingerprint density at radius 2 is 1.77 bits per heavy atom. The van der Waals surface area contributed by atoms with Crippen LogP contribution in [0.2, 0.25) is 0 Å². The lowest BCUT2D eigenvalue weighted by Gasteiger charge is -2.27. The fourth-order valence-electron chi connectivity index (χ4n) is 4.54. The Bertz CT molecular complexity index is 774. The first-order valence-electron chi connectivity index (χ1n) is 10.9. The second kappa shape index (κ2) is 9.58. The molecule has 3 atom stereocenters. The molecule has 2 aliphatic rings. The maximum Gasteiger partial charge on any atom is 0.226 e. The summed E-state index contributed by atoms with van der Waals surface area (Å²) in [5, 5.41) is 5.89. The SMILES string of the molecule is CC1CCC(C(=O)NC[C@H](C)NC(=O)[C@@H]2CC(=O)N(C)[C@H]2c2ccc(F)cc2)CC1. The first-order chi connectivity index (χ1) is 14.3. The van der Waals surface area contributed by atoms with Crippen LogP contribution in [0.5, 0.6) is 0 Å². The van der Waals surface area contributed by atoms with Crippen molar-refractivity contribution in [1.82, 2.24) is 15.5 Å². The molecule has 3 rings (SSSR count). The minimum atomic E-state index is -0.550. The van der Waals surface area contributed by atoms with Crippen molar-refractivity contribution >= 4 is 17.7 Å². The van der Waals surface area contributed by atoms with E-state index >= 15 is 0 Å². The molecule has 6 nitrogen and oxygen atoms in total. The molecule has 0 bridgehead atoms. The van der Waals surface area contributed by atoms with Crippen molar-refractivity contribution in [2.75, 3.05) is 13.6 Å². The molecule has 1 heterocycles. The van der Waals surface area contributed by atoms with Crippen molar-refractivity contribution in [3.8, 4) is 0 Å². The maximum atomic E-state index is 13.3. The largest absolute Gasteiger partial charge is 0.354 e. The van der Waals surface area contributed by atoms with Crippen molar-refractivity contribution in [2.45, 2.75) is 58.0 Å². The van der Waals surface area contributed by atoms with Crippen molar-refractivity contribution in [1.29, 1.82) is 0 Å². The van der Waals surface area contributed by atoms with Crippen LogP contribution in [0.1, 0.15) is 57.6 Å². The Balaban J connectivity index is 1.55. The lowest BCUT2D eigenvalue weighted by molar-refractivity contribution is -0.128. The van der Waals surface area contributed by atoms with Crippen LogP contribution < -0.4 is 10.6 Å². The van der Waals surface area contributed by atoms with Gasteiger partial charge in [0, 0.05) is 32.0 Å². The van der Waals surface area contributed by atoms with Gasteiger partial charge in [0.1, 0.15) is 5.82 Å². The summed E-state index contributed by atoms with van der Waals surface area (Å²) in [6, 6.07) is 5.23. The predicted octanol–water partition coefficient (Wildman–Crippen LogP) is 2.79. The van der Waals surface area contributed by atoms with E-state index in [4.69, 9.17) is 0 Å². The number of carbonyl (C=O) groups is 3. The number of carbonyl (C=O) groups excluding carboxylic acids is 3. The van der Waals surface area contributed by atoms with E-state index in [1.54, 1.807) is 24.1 Å². The fraction of sp³-hybridized carbons (Fsp3) is 0.609. The molecule has 164 valence electrons. The predicted molar refractivity (Wildman–Crippen MR) is 112 cm³/mol. The number of halogens is 1. The van der Waals surface area contributed by atoms with E-state index in [0.717, 1.165) is 31.2 Å². The molecule has 0 aromatic heterocycles. The summed E-state index contributed by atoms with van der Waals surface area (Å²) in [5.74, 6) is -0.439. The monoisotopic (exact) mass is 417 g/mol. The number of likely N-dealkylation sites (tertiary alicyclic amines) is 1. The Morgan fingerprint density at radius 3 is 2.40 bits per heavy atom. The van der Waals surface area contributed by atoms with E-state index in [0.29, 0.717) is 12.5 Å². The molecular formula is C23H32FN3O3. The van der Waals surface area contributed by atoms with Crippen LogP contribution in [0, 0.1) is 23.6 Å². The van der Waals surface area contributed by atoms with Crippen LogP contribution in [-0.4, -0.2) is 42.3 Å². The lowest BCUT2D eigenvalue weighted by atomic mass is 9.82. The zero-order chi connectivity index (χ0) is 21.8. The number of benzene rings is 1. The van der Waals surface area contributed by atoms with Gasteiger partial charge in [-0.05, 0) is 56.2 Å². The first-order valence-corrected chi connectivity index (χ1v) is 10.9. The number of hydrogen-bond donors (Lipinski definition) is 2. The molecular weight excluding hydrogens is 385 g/mol. The lowest BCUT2D eigenvalue weighted by Crippen LogP contribution is -2.46. The van der Waals surface area contributed by atoms with Gasteiger partial charge in [-0.25, -0.2) is 4.39 Å². The van der Waals surface area contributed by atoms with Crippen LogP contribution in [0.25, 0.3) is 0 Å². The number of nitrogens with zero attached hydrogens (tertiary/aromatic N) is 1. The van der Waals surface area contributed by atoms with Gasteiger partial charge in [-0.2, -0.15) is 0 Å². The molecule has 1 aromatic carbocycles. The third-order valence-electron chi connectivity index (χ3n) is 6.49. The average molecular weight is 418 g/mol. The normalized spacial score (nSPS) is 27.6.